The summed E-state index contributed by atoms with van der Waals surface area (Å²) in [4.78, 5) is 4.40. The second kappa shape index (κ2) is 5.88. The number of anilines is 1. The lowest BCUT2D eigenvalue weighted by Gasteiger charge is -2.06. The summed E-state index contributed by atoms with van der Waals surface area (Å²) in [7, 11) is 0. The van der Waals surface area contributed by atoms with E-state index in [1.807, 2.05) is 35.6 Å². The molecule has 0 aliphatic carbocycles. The molecule has 102 valence electrons. The van der Waals surface area contributed by atoms with E-state index in [-0.39, 0.29) is 0 Å². The maximum Gasteiger partial charge on any atom is 0.0858 e. The molecular weight excluding hydrogens is 268 g/mol. The molecule has 0 aliphatic heterocycles. The second-order valence-electron chi connectivity index (χ2n) is 4.44. The number of nitrogens with one attached hydrogen (secondary N) is 1. The van der Waals surface area contributed by atoms with E-state index >= 15 is 0 Å². The van der Waals surface area contributed by atoms with E-state index in [1.165, 1.54) is 9.75 Å². The predicted octanol–water partition coefficient (Wildman–Crippen LogP) is 3.50. The zero-order valence-electron chi connectivity index (χ0n) is 11.3. The number of thiophene rings is 1. The zero-order valence-corrected chi connectivity index (χ0v) is 12.1. The van der Waals surface area contributed by atoms with Gasteiger partial charge in [0.1, 0.15) is 0 Å². The first-order valence-corrected chi connectivity index (χ1v) is 7.45. The first-order chi connectivity index (χ1) is 9.85. The fourth-order valence-electron chi connectivity index (χ4n) is 1.96. The summed E-state index contributed by atoms with van der Waals surface area (Å²) in [5.41, 5.74) is 2.07. The van der Waals surface area contributed by atoms with Gasteiger partial charge in [-0.15, -0.1) is 11.3 Å². The molecule has 1 N–H and O–H groups in total. The molecule has 0 saturated heterocycles. The Morgan fingerprint density at radius 2 is 1.70 bits per heavy atom. The smallest absolute Gasteiger partial charge is 0.0858 e. The lowest BCUT2D eigenvalue weighted by atomic mass is 10.3. The molecule has 0 bridgehead atoms. The molecular formula is C15H16N4S. The van der Waals surface area contributed by atoms with Crippen LogP contribution in [0.1, 0.15) is 16.7 Å². The number of aryl methyl sites for hydroxylation is 1. The SMILES string of the molecule is CCc1ccc(CNc2ccc(-n3nccn3)cc2)s1. The van der Waals surface area contributed by atoms with Gasteiger partial charge >= 0.3 is 0 Å². The zero-order chi connectivity index (χ0) is 13.8. The number of hydrogen-bond donors (Lipinski definition) is 1. The molecule has 2 heterocycles. The lowest BCUT2D eigenvalue weighted by molar-refractivity contribution is 0.752. The predicted molar refractivity (Wildman–Crippen MR) is 82.4 cm³/mol. The van der Waals surface area contributed by atoms with E-state index in [0.29, 0.717) is 0 Å². The van der Waals surface area contributed by atoms with Crippen LogP contribution in [-0.2, 0) is 13.0 Å². The van der Waals surface area contributed by atoms with Crippen molar-refractivity contribution in [3.8, 4) is 5.69 Å². The molecule has 20 heavy (non-hydrogen) atoms. The number of hydrogen-bond acceptors (Lipinski definition) is 4. The van der Waals surface area contributed by atoms with Gasteiger partial charge in [0.25, 0.3) is 0 Å². The molecule has 0 saturated carbocycles. The van der Waals surface area contributed by atoms with Crippen LogP contribution in [0.25, 0.3) is 5.69 Å². The van der Waals surface area contributed by atoms with Crippen molar-refractivity contribution in [2.75, 3.05) is 5.32 Å². The van der Waals surface area contributed by atoms with Crippen LogP contribution in [0.5, 0.6) is 0 Å². The molecule has 0 amide bonds. The number of nitrogens with zero attached hydrogens (tertiary/aromatic N) is 3. The average Bonchev–Trinajstić information content (AvgIpc) is 3.17. The second-order valence-corrected chi connectivity index (χ2v) is 5.69. The third kappa shape index (κ3) is 2.88. The molecule has 0 atom stereocenters. The van der Waals surface area contributed by atoms with Crippen molar-refractivity contribution >= 4 is 17.0 Å². The fraction of sp³-hybridized carbons (Fsp3) is 0.200. The summed E-state index contributed by atoms with van der Waals surface area (Å²) in [5, 5.41) is 11.6. The summed E-state index contributed by atoms with van der Waals surface area (Å²) in [5.74, 6) is 0. The van der Waals surface area contributed by atoms with Gasteiger partial charge in [-0.2, -0.15) is 15.0 Å². The number of aromatic nitrogens is 3. The van der Waals surface area contributed by atoms with Crippen LogP contribution < -0.4 is 5.32 Å². The van der Waals surface area contributed by atoms with E-state index in [9.17, 15) is 0 Å². The molecule has 0 radical (unpaired) electrons. The Kier molecular flexibility index (Phi) is 3.78. The van der Waals surface area contributed by atoms with Gasteiger partial charge < -0.3 is 5.32 Å². The van der Waals surface area contributed by atoms with Gasteiger partial charge in [-0.05, 0) is 42.8 Å². The van der Waals surface area contributed by atoms with Gasteiger partial charge in [0.05, 0.1) is 18.1 Å². The Balaban J connectivity index is 1.63. The van der Waals surface area contributed by atoms with Crippen molar-refractivity contribution in [2.45, 2.75) is 19.9 Å². The Morgan fingerprint density at radius 3 is 2.35 bits per heavy atom. The van der Waals surface area contributed by atoms with E-state index in [2.05, 4.69) is 34.6 Å². The van der Waals surface area contributed by atoms with Crippen LogP contribution >= 0.6 is 11.3 Å². The van der Waals surface area contributed by atoms with E-state index in [0.717, 1.165) is 24.3 Å². The standard InChI is InChI=1S/C15H16N4S/c1-2-14-7-8-15(20-14)11-16-12-3-5-13(6-4-12)19-17-9-10-18-19/h3-10,16H,2,11H2,1H3. The highest BCUT2D eigenvalue weighted by Crippen LogP contribution is 2.19. The van der Waals surface area contributed by atoms with Gasteiger partial charge in [-0.1, -0.05) is 6.92 Å². The maximum absolute atomic E-state index is 4.11. The Morgan fingerprint density at radius 1 is 1.00 bits per heavy atom. The van der Waals surface area contributed by atoms with Crippen molar-refractivity contribution in [3.63, 3.8) is 0 Å². The van der Waals surface area contributed by atoms with Crippen LogP contribution in [0.2, 0.25) is 0 Å². The van der Waals surface area contributed by atoms with Gasteiger partial charge in [0.15, 0.2) is 0 Å². The van der Waals surface area contributed by atoms with E-state index in [1.54, 1.807) is 17.2 Å². The molecule has 2 aromatic heterocycles. The molecule has 1 aromatic carbocycles. The summed E-state index contributed by atoms with van der Waals surface area (Å²) >= 11 is 1.87. The van der Waals surface area contributed by atoms with Crippen LogP contribution in [0.3, 0.4) is 0 Å². The molecule has 0 unspecified atom stereocenters. The van der Waals surface area contributed by atoms with E-state index < -0.39 is 0 Å². The molecule has 3 rings (SSSR count). The van der Waals surface area contributed by atoms with Gasteiger partial charge in [0, 0.05) is 22.0 Å². The van der Waals surface area contributed by atoms with Crippen LogP contribution in [0, 0.1) is 0 Å². The van der Waals surface area contributed by atoms with Gasteiger partial charge in [-0.25, -0.2) is 0 Å². The molecule has 5 heteroatoms. The average molecular weight is 284 g/mol. The highest BCUT2D eigenvalue weighted by molar-refractivity contribution is 7.12. The van der Waals surface area contributed by atoms with Crippen molar-refractivity contribution in [2.24, 2.45) is 0 Å². The van der Waals surface area contributed by atoms with E-state index in [4.69, 9.17) is 0 Å². The molecule has 0 aliphatic rings. The highest BCUT2D eigenvalue weighted by Gasteiger charge is 2.00. The number of benzene rings is 1. The maximum atomic E-state index is 4.11. The number of rotatable bonds is 5. The monoisotopic (exact) mass is 284 g/mol. The highest BCUT2D eigenvalue weighted by atomic mass is 32.1. The summed E-state index contributed by atoms with van der Waals surface area (Å²) < 4.78 is 0. The minimum Gasteiger partial charge on any atom is -0.380 e. The van der Waals surface area contributed by atoms with Crippen LogP contribution in [0.15, 0.2) is 48.8 Å². The van der Waals surface area contributed by atoms with Gasteiger partial charge in [0.2, 0.25) is 0 Å². The lowest BCUT2D eigenvalue weighted by Crippen LogP contribution is -2.00. The first kappa shape index (κ1) is 12.9. The quantitative estimate of drug-likeness (QED) is 0.779. The minimum absolute atomic E-state index is 0.865. The molecule has 3 aromatic rings. The normalized spacial score (nSPS) is 10.7. The fourth-order valence-corrected chi connectivity index (χ4v) is 2.86. The topological polar surface area (TPSA) is 42.7 Å². The molecule has 4 nitrogen and oxygen atoms in total. The first-order valence-electron chi connectivity index (χ1n) is 6.63. The molecule has 0 fully saturated rings. The minimum atomic E-state index is 0.865. The molecule has 0 spiro atoms. The van der Waals surface area contributed by atoms with Gasteiger partial charge in [-0.3, -0.25) is 0 Å². The third-order valence-electron chi connectivity index (χ3n) is 3.05. The summed E-state index contributed by atoms with van der Waals surface area (Å²) in [6.07, 6.45) is 4.46. The Labute approximate surface area is 122 Å². The van der Waals surface area contributed by atoms with Crippen molar-refractivity contribution in [3.05, 3.63) is 58.5 Å². The largest absolute Gasteiger partial charge is 0.380 e. The van der Waals surface area contributed by atoms with Crippen molar-refractivity contribution in [1.29, 1.82) is 0 Å². The third-order valence-corrected chi connectivity index (χ3v) is 4.28. The van der Waals surface area contributed by atoms with Crippen molar-refractivity contribution < 1.29 is 0 Å². The van der Waals surface area contributed by atoms with Crippen LogP contribution in [-0.4, -0.2) is 15.0 Å². The Hall–Kier alpha value is -2.14. The van der Waals surface area contributed by atoms with Crippen molar-refractivity contribution in [1.82, 2.24) is 15.0 Å². The Bertz CT molecular complexity index is 656. The van der Waals surface area contributed by atoms with Crippen LogP contribution in [0.4, 0.5) is 5.69 Å². The summed E-state index contributed by atoms with van der Waals surface area (Å²) in [6.45, 7) is 3.05. The summed E-state index contributed by atoms with van der Waals surface area (Å²) in [6, 6.07) is 12.5.